The zero-order valence-corrected chi connectivity index (χ0v) is 30.2. The molecule has 1 aromatic carbocycles. The van der Waals surface area contributed by atoms with Crippen LogP contribution in [0.1, 0.15) is 65.8 Å². The van der Waals surface area contributed by atoms with E-state index >= 15 is 4.39 Å². The molecule has 8 nitrogen and oxygen atoms in total. The van der Waals surface area contributed by atoms with Crippen LogP contribution in [0.3, 0.4) is 0 Å². The number of rotatable bonds is 10. The van der Waals surface area contributed by atoms with Gasteiger partial charge in [0.05, 0.1) is 52.6 Å². The van der Waals surface area contributed by atoms with E-state index in [1.165, 1.54) is 24.3 Å². The van der Waals surface area contributed by atoms with E-state index in [0.29, 0.717) is 27.9 Å². The number of piperazine rings is 1. The number of pyridine rings is 1. The molecule has 0 spiro atoms. The van der Waals surface area contributed by atoms with Gasteiger partial charge in [-0.1, -0.05) is 13.8 Å². The second kappa shape index (κ2) is 13.8. The second-order valence-electron chi connectivity index (χ2n) is 15.4. The predicted molar refractivity (Wildman–Crippen MR) is 182 cm³/mol. The van der Waals surface area contributed by atoms with Gasteiger partial charge in [-0.05, 0) is 70.2 Å². The summed E-state index contributed by atoms with van der Waals surface area (Å²) < 4.78 is 118. The van der Waals surface area contributed by atoms with Crippen LogP contribution in [-0.4, -0.2) is 96.7 Å². The molecule has 0 bridgehead atoms. The van der Waals surface area contributed by atoms with Crippen molar-refractivity contribution in [2.45, 2.75) is 91.1 Å². The van der Waals surface area contributed by atoms with Crippen LogP contribution in [0, 0.1) is 11.2 Å². The highest BCUT2D eigenvalue weighted by Crippen LogP contribution is 2.44. The van der Waals surface area contributed by atoms with Crippen molar-refractivity contribution in [2.24, 2.45) is 5.41 Å². The van der Waals surface area contributed by atoms with Crippen molar-refractivity contribution in [2.75, 3.05) is 51.3 Å². The van der Waals surface area contributed by atoms with Gasteiger partial charge in [0.25, 0.3) is 0 Å². The molecule has 1 atom stereocenters. The molecular weight excluding hydrogens is 684 g/mol. The number of aliphatic hydroxyl groups is 1. The molecule has 2 aromatic heterocycles. The highest BCUT2D eigenvalue weighted by molar-refractivity contribution is 6.62. The van der Waals surface area contributed by atoms with E-state index in [2.05, 4.69) is 4.98 Å². The summed E-state index contributed by atoms with van der Waals surface area (Å²) in [6, 6.07) is 4.22. The third-order valence-electron chi connectivity index (χ3n) is 10.3. The molecule has 2 saturated heterocycles. The molecule has 5 rings (SSSR count). The fourth-order valence-corrected chi connectivity index (χ4v) is 6.65. The van der Waals surface area contributed by atoms with E-state index < -0.39 is 61.1 Å². The molecule has 51 heavy (non-hydrogen) atoms. The normalized spacial score (nSPS) is 19.4. The van der Waals surface area contributed by atoms with Crippen LogP contribution >= 0.6 is 0 Å². The van der Waals surface area contributed by atoms with E-state index in [-0.39, 0.29) is 55.9 Å². The Morgan fingerprint density at radius 1 is 0.941 bits per heavy atom. The van der Waals surface area contributed by atoms with Crippen molar-refractivity contribution in [1.29, 1.82) is 0 Å². The van der Waals surface area contributed by atoms with Gasteiger partial charge in [0, 0.05) is 56.3 Å². The van der Waals surface area contributed by atoms with E-state index in [9.17, 15) is 31.4 Å². The van der Waals surface area contributed by atoms with Gasteiger partial charge in [-0.25, -0.2) is 4.39 Å². The van der Waals surface area contributed by atoms with Crippen LogP contribution in [0.15, 0.2) is 24.4 Å². The largest absolute Gasteiger partial charge is 0.497 e. The highest BCUT2D eigenvalue weighted by Gasteiger charge is 2.52. The lowest BCUT2D eigenvalue weighted by Gasteiger charge is -2.36. The van der Waals surface area contributed by atoms with Gasteiger partial charge >= 0.3 is 19.5 Å². The van der Waals surface area contributed by atoms with Gasteiger partial charge < -0.3 is 28.6 Å². The summed E-state index contributed by atoms with van der Waals surface area (Å²) in [5.41, 5.74) is -0.795. The monoisotopic (exact) mass is 730 g/mol. The summed E-state index contributed by atoms with van der Waals surface area (Å²) in [4.78, 5) is 7.80. The summed E-state index contributed by atoms with van der Waals surface area (Å²) in [5.74, 6) is -0.810. The van der Waals surface area contributed by atoms with Crippen LogP contribution in [0.4, 0.5) is 36.4 Å². The Bertz CT molecular complexity index is 1720. The first-order valence-electron chi connectivity index (χ1n) is 16.9. The summed E-state index contributed by atoms with van der Waals surface area (Å²) in [7, 11) is 0.301. The van der Waals surface area contributed by atoms with E-state index in [1.54, 1.807) is 26.8 Å². The Morgan fingerprint density at radius 3 is 2.06 bits per heavy atom. The number of hydrogen-bond acceptors (Lipinski definition) is 7. The second-order valence-corrected chi connectivity index (χ2v) is 15.4. The summed E-state index contributed by atoms with van der Waals surface area (Å²) in [6.45, 7) is 10.4. The van der Waals surface area contributed by atoms with Gasteiger partial charge in [0.2, 0.25) is 0 Å². The van der Waals surface area contributed by atoms with Crippen molar-refractivity contribution >= 4 is 29.2 Å². The molecule has 0 amide bonds. The maximum atomic E-state index is 16.1. The number of hydrogen-bond donors (Lipinski definition) is 1. The molecule has 2 aliphatic rings. The van der Waals surface area contributed by atoms with Gasteiger partial charge in [-0.3, -0.25) is 9.88 Å². The van der Waals surface area contributed by atoms with Gasteiger partial charge in [-0.2, -0.15) is 26.3 Å². The zero-order valence-electron chi connectivity index (χ0n) is 30.2. The Labute approximate surface area is 294 Å². The van der Waals surface area contributed by atoms with E-state index in [1.807, 2.05) is 32.6 Å². The number of aliphatic hydroxyl groups excluding tert-OH is 1. The number of alkyl halides is 6. The minimum Gasteiger partial charge on any atom is -0.399 e. The zero-order chi connectivity index (χ0) is 37.9. The molecule has 0 unspecified atom stereocenters. The average molecular weight is 731 g/mol. The van der Waals surface area contributed by atoms with Crippen LogP contribution in [0.25, 0.3) is 22.2 Å². The lowest BCUT2D eigenvalue weighted by atomic mass is 9.77. The van der Waals surface area contributed by atoms with Crippen molar-refractivity contribution in [3.8, 4) is 11.3 Å². The van der Waals surface area contributed by atoms with Gasteiger partial charge in [0.15, 0.2) is 0 Å². The standard InChI is InChI=1S/C35H46BF7N4O4/c1-21(49-8)29-24(13-22(17-44-29)46-11-9-45(10-12-46)18-34(38,39)40)30-25(16-31(2,3)20-48)23-14-26(36-50-32(4,5)33(6,7)51-36)27(37)15-28(23)47(30)19-35(41,42)43/h13-15,17,21,48H,9-12,16,18-20H2,1-8H3/t21-/m0/s1. The van der Waals surface area contributed by atoms with Crippen LogP contribution in [0.5, 0.6) is 0 Å². The number of benzene rings is 1. The summed E-state index contributed by atoms with van der Waals surface area (Å²) >= 11 is 0. The lowest BCUT2D eigenvalue weighted by molar-refractivity contribution is -0.146. The molecule has 2 fully saturated rings. The number of fused-ring (bicyclic) bond motifs is 1. The van der Waals surface area contributed by atoms with Crippen molar-refractivity contribution in [1.82, 2.24) is 14.5 Å². The minimum atomic E-state index is -4.72. The maximum Gasteiger partial charge on any atom is 0.497 e. The fraction of sp³-hybridized carbons (Fsp3) is 0.629. The quantitative estimate of drug-likeness (QED) is 0.185. The summed E-state index contributed by atoms with van der Waals surface area (Å²) in [6.07, 6.45) is -8.13. The van der Waals surface area contributed by atoms with Gasteiger partial charge in [-0.15, -0.1) is 0 Å². The summed E-state index contributed by atoms with van der Waals surface area (Å²) in [5, 5.41) is 10.7. The van der Waals surface area contributed by atoms with Crippen LogP contribution < -0.4 is 10.4 Å². The molecule has 1 N–H and O–H groups in total. The Balaban J connectivity index is 1.76. The topological polar surface area (TPSA) is 72.2 Å². The SMILES string of the molecule is CO[C@@H](C)c1ncc(N2CCN(CC(F)(F)F)CC2)cc1-c1c(CC(C)(C)CO)c2cc(B3OC(C)(C)C(C)(C)O3)c(F)cc2n1CC(F)(F)F. The molecule has 2 aliphatic heterocycles. The van der Waals surface area contributed by atoms with Crippen molar-refractivity contribution in [3.63, 3.8) is 0 Å². The number of halogens is 7. The molecule has 3 aromatic rings. The Morgan fingerprint density at radius 2 is 1.53 bits per heavy atom. The predicted octanol–water partition coefficient (Wildman–Crippen LogP) is 6.66. The smallest absolute Gasteiger partial charge is 0.399 e. The Hall–Kier alpha value is -2.92. The average Bonchev–Trinajstić information content (AvgIpc) is 3.40. The highest BCUT2D eigenvalue weighted by atomic mass is 19.4. The molecule has 0 aliphatic carbocycles. The third kappa shape index (κ3) is 8.35. The molecule has 0 saturated carbocycles. The molecule has 16 heteroatoms. The lowest BCUT2D eigenvalue weighted by Crippen LogP contribution is -2.49. The maximum absolute atomic E-state index is 16.1. The van der Waals surface area contributed by atoms with Crippen molar-refractivity contribution < 1.29 is 49.9 Å². The van der Waals surface area contributed by atoms with Gasteiger partial charge in [0.1, 0.15) is 12.4 Å². The minimum absolute atomic E-state index is 0.0222. The Kier molecular flexibility index (Phi) is 10.6. The number of anilines is 1. The van der Waals surface area contributed by atoms with Crippen LogP contribution in [0.2, 0.25) is 0 Å². The molecular formula is C35H46BF7N4O4. The first-order chi connectivity index (χ1) is 23.5. The molecule has 282 valence electrons. The van der Waals surface area contributed by atoms with Crippen molar-refractivity contribution in [3.05, 3.63) is 41.5 Å². The molecule has 4 heterocycles. The number of ether oxygens (including phenoxy) is 1. The third-order valence-corrected chi connectivity index (χ3v) is 10.3. The van der Waals surface area contributed by atoms with E-state index in [0.717, 1.165) is 10.6 Å². The van der Waals surface area contributed by atoms with Crippen LogP contribution in [-0.2, 0) is 27.0 Å². The number of aromatic nitrogens is 2. The van der Waals surface area contributed by atoms with E-state index in [4.69, 9.17) is 14.0 Å². The number of methoxy groups -OCH3 is 1. The first-order valence-corrected chi connectivity index (χ1v) is 16.9. The number of nitrogens with zero attached hydrogens (tertiary/aromatic N) is 4. The first kappa shape index (κ1) is 39.3. The fourth-order valence-electron chi connectivity index (χ4n) is 6.65. The molecule has 0 radical (unpaired) electrons.